The highest BCUT2D eigenvalue weighted by Crippen LogP contribution is 2.12. The van der Waals surface area contributed by atoms with Gasteiger partial charge in [-0.05, 0) is 30.9 Å². The quantitative estimate of drug-likeness (QED) is 0.502. The Labute approximate surface area is 84.1 Å². The molecule has 0 aliphatic rings. The molecule has 1 rings (SSSR count). The molecule has 0 fully saturated rings. The van der Waals surface area contributed by atoms with Crippen LogP contribution in [0, 0.1) is 0 Å². The first-order valence-electron chi connectivity index (χ1n) is 4.71. The molecule has 0 aromatic heterocycles. The first-order chi connectivity index (χ1) is 6.33. The minimum atomic E-state index is 0.505. The molecule has 0 nitrogen and oxygen atoms in total. The van der Waals surface area contributed by atoms with Crippen molar-refractivity contribution in [2.45, 2.75) is 25.3 Å². The molecule has 0 aliphatic carbocycles. The molecule has 3 radical (unpaired) electrons. The fourth-order valence-electron chi connectivity index (χ4n) is 1.30. The van der Waals surface area contributed by atoms with Crippen LogP contribution >= 0.6 is 0 Å². The average Bonchev–Trinajstić information content (AvgIpc) is 2.17. The van der Waals surface area contributed by atoms with Crippen LogP contribution in [-0.2, 0) is 6.42 Å². The van der Waals surface area contributed by atoms with Gasteiger partial charge in [0.05, 0.1) is 0 Å². The second kappa shape index (κ2) is 5.76. The second-order valence-electron chi connectivity index (χ2n) is 3.16. The van der Waals surface area contributed by atoms with Gasteiger partial charge in [0, 0.05) is 10.2 Å². The normalized spacial score (nSPS) is 13.4. The number of hydrogen-bond donors (Lipinski definition) is 0. The fourth-order valence-corrected chi connectivity index (χ4v) is 1.63. The molecule has 0 spiro atoms. The summed E-state index contributed by atoms with van der Waals surface area (Å²) in [4.78, 5) is 0. The Kier molecular flexibility index (Phi) is 4.55. The number of benzene rings is 1. The monoisotopic (exact) mass is 187 g/mol. The zero-order valence-corrected chi connectivity index (χ0v) is 9.03. The molecule has 1 atom stereocenters. The van der Waals surface area contributed by atoms with Gasteiger partial charge >= 0.3 is 0 Å². The Morgan fingerprint density at radius 2 is 2.00 bits per heavy atom. The van der Waals surface area contributed by atoms with Gasteiger partial charge in [-0.1, -0.05) is 42.5 Å². The molecule has 13 heavy (non-hydrogen) atoms. The molecular formula is C12H15Si. The van der Waals surface area contributed by atoms with Crippen LogP contribution in [0.5, 0.6) is 0 Å². The predicted molar refractivity (Wildman–Crippen MR) is 59.1 cm³/mol. The zero-order valence-electron chi connectivity index (χ0n) is 8.03. The van der Waals surface area contributed by atoms with Gasteiger partial charge in [-0.15, -0.1) is 0 Å². The second-order valence-corrected chi connectivity index (χ2v) is 3.90. The summed E-state index contributed by atoms with van der Waals surface area (Å²) in [6, 6.07) is 10.6. The van der Waals surface area contributed by atoms with Crippen LogP contribution in [0.4, 0.5) is 0 Å². The summed E-state index contributed by atoms with van der Waals surface area (Å²) < 4.78 is 0. The van der Waals surface area contributed by atoms with Gasteiger partial charge in [-0.25, -0.2) is 0 Å². The summed E-state index contributed by atoms with van der Waals surface area (Å²) in [6.07, 6.45) is 6.56. The molecule has 0 saturated carbocycles. The standard InChI is InChI=1S/C12H15Si/c1-2-6-12(13)10-9-11-7-4-3-5-8-11/h2-8,12H,9-10H2,1H3/b6-2+/t12-/m1/s1. The van der Waals surface area contributed by atoms with E-state index in [4.69, 9.17) is 0 Å². The van der Waals surface area contributed by atoms with Gasteiger partial charge in [-0.2, -0.15) is 0 Å². The predicted octanol–water partition coefficient (Wildman–Crippen LogP) is 3.15. The summed E-state index contributed by atoms with van der Waals surface area (Å²) in [6.45, 7) is 2.05. The Hall–Kier alpha value is -0.823. The lowest BCUT2D eigenvalue weighted by Gasteiger charge is -2.05. The van der Waals surface area contributed by atoms with Crippen LogP contribution in [0.2, 0.25) is 5.54 Å². The fraction of sp³-hybridized carbons (Fsp3) is 0.333. The topological polar surface area (TPSA) is 0 Å². The van der Waals surface area contributed by atoms with Gasteiger partial charge in [0.25, 0.3) is 0 Å². The Morgan fingerprint density at radius 3 is 2.62 bits per heavy atom. The van der Waals surface area contributed by atoms with E-state index in [1.807, 2.05) is 0 Å². The van der Waals surface area contributed by atoms with E-state index in [0.29, 0.717) is 5.54 Å². The van der Waals surface area contributed by atoms with Crippen molar-refractivity contribution in [3.05, 3.63) is 48.0 Å². The summed E-state index contributed by atoms with van der Waals surface area (Å²) >= 11 is 0. The van der Waals surface area contributed by atoms with Gasteiger partial charge < -0.3 is 0 Å². The van der Waals surface area contributed by atoms with Gasteiger partial charge in [0.2, 0.25) is 0 Å². The van der Waals surface area contributed by atoms with Crippen molar-refractivity contribution in [2.75, 3.05) is 0 Å². The van der Waals surface area contributed by atoms with Crippen molar-refractivity contribution in [3.8, 4) is 0 Å². The first kappa shape index (κ1) is 10.3. The van der Waals surface area contributed by atoms with Crippen LogP contribution in [0.3, 0.4) is 0 Å². The highest BCUT2D eigenvalue weighted by molar-refractivity contribution is 6.12. The third kappa shape index (κ3) is 4.09. The van der Waals surface area contributed by atoms with Gasteiger partial charge in [0.1, 0.15) is 0 Å². The molecule has 0 aliphatic heterocycles. The molecule has 0 unspecified atom stereocenters. The molecule has 0 N–H and O–H groups in total. The van der Waals surface area contributed by atoms with E-state index in [-0.39, 0.29) is 0 Å². The van der Waals surface area contributed by atoms with Crippen molar-refractivity contribution < 1.29 is 0 Å². The molecule has 0 amide bonds. The van der Waals surface area contributed by atoms with Crippen molar-refractivity contribution in [1.82, 2.24) is 0 Å². The van der Waals surface area contributed by atoms with E-state index in [9.17, 15) is 0 Å². The van der Waals surface area contributed by atoms with Crippen LogP contribution in [0.25, 0.3) is 0 Å². The van der Waals surface area contributed by atoms with Gasteiger partial charge in [-0.3, -0.25) is 0 Å². The van der Waals surface area contributed by atoms with Crippen LogP contribution in [0.15, 0.2) is 42.5 Å². The highest BCUT2D eigenvalue weighted by atomic mass is 28.1. The Morgan fingerprint density at radius 1 is 1.31 bits per heavy atom. The SMILES string of the molecule is C/C=C/[C@@H]([Si])CCc1ccccc1. The van der Waals surface area contributed by atoms with E-state index in [2.05, 4.69) is 59.7 Å². The lowest BCUT2D eigenvalue weighted by Crippen LogP contribution is -1.91. The number of allylic oxidation sites excluding steroid dienone is 2. The molecule has 1 aromatic carbocycles. The maximum absolute atomic E-state index is 3.66. The van der Waals surface area contributed by atoms with Crippen LogP contribution in [-0.4, -0.2) is 10.2 Å². The van der Waals surface area contributed by atoms with Crippen molar-refractivity contribution in [2.24, 2.45) is 0 Å². The van der Waals surface area contributed by atoms with E-state index >= 15 is 0 Å². The maximum atomic E-state index is 3.66. The van der Waals surface area contributed by atoms with Crippen LogP contribution < -0.4 is 0 Å². The van der Waals surface area contributed by atoms with Crippen molar-refractivity contribution in [1.29, 1.82) is 0 Å². The molecule has 67 valence electrons. The minimum absolute atomic E-state index is 0.505. The summed E-state index contributed by atoms with van der Waals surface area (Å²) in [5.74, 6) is 0. The molecule has 0 heterocycles. The van der Waals surface area contributed by atoms with Crippen molar-refractivity contribution in [3.63, 3.8) is 0 Å². The smallest absolute Gasteiger partial charge is 0.0322 e. The van der Waals surface area contributed by atoms with Gasteiger partial charge in [0.15, 0.2) is 0 Å². The first-order valence-corrected chi connectivity index (χ1v) is 5.28. The van der Waals surface area contributed by atoms with E-state index < -0.39 is 0 Å². The summed E-state index contributed by atoms with van der Waals surface area (Å²) in [7, 11) is 3.66. The minimum Gasteiger partial charge on any atom is -0.0917 e. The molecular weight excluding hydrogens is 172 g/mol. The number of hydrogen-bond acceptors (Lipinski definition) is 0. The largest absolute Gasteiger partial charge is 0.0917 e. The highest BCUT2D eigenvalue weighted by Gasteiger charge is 1.97. The maximum Gasteiger partial charge on any atom is 0.0322 e. The third-order valence-electron chi connectivity index (χ3n) is 2.01. The number of aryl methyl sites for hydroxylation is 1. The Bertz CT molecular complexity index is 251. The zero-order chi connectivity index (χ0) is 9.52. The molecule has 1 aromatic rings. The molecule has 0 bridgehead atoms. The van der Waals surface area contributed by atoms with E-state index in [1.165, 1.54) is 5.56 Å². The molecule has 0 saturated heterocycles. The molecule has 1 heteroatoms. The lowest BCUT2D eigenvalue weighted by atomic mass is 10.1. The van der Waals surface area contributed by atoms with E-state index in [0.717, 1.165) is 12.8 Å². The lowest BCUT2D eigenvalue weighted by molar-refractivity contribution is 0.839. The Balaban J connectivity index is 2.35. The summed E-state index contributed by atoms with van der Waals surface area (Å²) in [5.41, 5.74) is 1.92. The van der Waals surface area contributed by atoms with Crippen molar-refractivity contribution >= 4 is 10.2 Å². The van der Waals surface area contributed by atoms with E-state index in [1.54, 1.807) is 0 Å². The summed E-state index contributed by atoms with van der Waals surface area (Å²) in [5, 5.41) is 0. The number of rotatable bonds is 4. The van der Waals surface area contributed by atoms with Crippen LogP contribution in [0.1, 0.15) is 18.9 Å². The third-order valence-corrected chi connectivity index (χ3v) is 2.49. The average molecular weight is 187 g/mol.